The average Bonchev–Trinajstić information content (AvgIpc) is 2.95. The molecule has 2 bridgehead atoms. The Balaban J connectivity index is 1.57. The van der Waals surface area contributed by atoms with Gasteiger partial charge in [-0.1, -0.05) is 6.07 Å². The summed E-state index contributed by atoms with van der Waals surface area (Å²) in [6.45, 7) is 9.35. The third-order valence-corrected chi connectivity index (χ3v) is 5.45. The molecule has 2 aliphatic heterocycles. The van der Waals surface area contributed by atoms with E-state index in [4.69, 9.17) is 9.72 Å². The summed E-state index contributed by atoms with van der Waals surface area (Å²) in [6, 6.07) is 8.15. The predicted molar refractivity (Wildman–Crippen MR) is 112 cm³/mol. The van der Waals surface area contributed by atoms with E-state index in [2.05, 4.69) is 14.9 Å². The van der Waals surface area contributed by atoms with Gasteiger partial charge in [0.1, 0.15) is 17.1 Å². The van der Waals surface area contributed by atoms with E-state index in [-0.39, 0.29) is 18.2 Å². The molecule has 4 rings (SSSR count). The van der Waals surface area contributed by atoms with Gasteiger partial charge in [0.05, 0.1) is 6.04 Å². The number of carbonyl (C=O) groups excluding carboxylic acids is 1. The molecular formula is C22H29N5O2. The minimum atomic E-state index is -0.482. The predicted octanol–water partition coefficient (Wildman–Crippen LogP) is 3.83. The van der Waals surface area contributed by atoms with Crippen molar-refractivity contribution in [1.82, 2.24) is 19.9 Å². The normalized spacial score (nSPS) is 21.8. The summed E-state index contributed by atoms with van der Waals surface area (Å²) in [4.78, 5) is 30.8. The number of pyridine rings is 1. The van der Waals surface area contributed by atoms with Crippen molar-refractivity contribution >= 4 is 11.9 Å². The Morgan fingerprint density at radius 2 is 1.93 bits per heavy atom. The largest absolute Gasteiger partial charge is 0.444 e. The number of hydrogen-bond donors (Lipinski definition) is 0. The van der Waals surface area contributed by atoms with Crippen molar-refractivity contribution < 1.29 is 9.53 Å². The molecular weight excluding hydrogens is 366 g/mol. The molecule has 2 aromatic heterocycles. The van der Waals surface area contributed by atoms with Crippen molar-refractivity contribution in [2.75, 3.05) is 18.0 Å². The maximum atomic E-state index is 12.8. The van der Waals surface area contributed by atoms with Crippen LogP contribution in [-0.2, 0) is 4.74 Å². The highest BCUT2D eigenvalue weighted by atomic mass is 16.6. The number of hydrogen-bond acceptors (Lipinski definition) is 6. The Kier molecular flexibility index (Phi) is 5.15. The van der Waals surface area contributed by atoms with Crippen LogP contribution in [0.25, 0.3) is 11.5 Å². The summed E-state index contributed by atoms with van der Waals surface area (Å²) < 4.78 is 5.69. The van der Waals surface area contributed by atoms with Crippen molar-refractivity contribution in [2.24, 2.45) is 0 Å². The molecule has 154 valence electrons. The molecule has 2 fully saturated rings. The summed E-state index contributed by atoms with van der Waals surface area (Å²) >= 11 is 0. The van der Waals surface area contributed by atoms with Crippen LogP contribution in [0.5, 0.6) is 0 Å². The van der Waals surface area contributed by atoms with Crippen LogP contribution in [0.4, 0.5) is 10.6 Å². The zero-order valence-electron chi connectivity index (χ0n) is 17.6. The van der Waals surface area contributed by atoms with Gasteiger partial charge < -0.3 is 14.5 Å². The highest BCUT2D eigenvalue weighted by molar-refractivity contribution is 5.70. The second-order valence-electron chi connectivity index (χ2n) is 8.91. The molecule has 0 saturated carbocycles. The van der Waals surface area contributed by atoms with Crippen LogP contribution in [-0.4, -0.2) is 56.7 Å². The van der Waals surface area contributed by atoms with Gasteiger partial charge in [-0.15, -0.1) is 0 Å². The number of anilines is 1. The molecule has 0 N–H and O–H groups in total. The lowest BCUT2D eigenvalue weighted by molar-refractivity contribution is 0.0163. The molecule has 7 heteroatoms. The fourth-order valence-corrected chi connectivity index (χ4v) is 4.22. The summed E-state index contributed by atoms with van der Waals surface area (Å²) in [7, 11) is 0. The van der Waals surface area contributed by atoms with Gasteiger partial charge in [-0.05, 0) is 59.1 Å². The first-order valence-electron chi connectivity index (χ1n) is 10.3. The molecule has 2 aliphatic rings. The molecule has 2 atom stereocenters. The standard InChI is InChI=1S/C22H29N5O2/c1-15-13-19(25-20(24-15)18-7-5-6-11-23-18)26-12-10-16-8-9-17(14-26)27(16)21(28)29-22(2,3)4/h5-7,11,13,16-17H,8-10,12,14H2,1-4H3/t16-,17+/m1/s1. The minimum Gasteiger partial charge on any atom is -0.444 e. The molecule has 2 saturated heterocycles. The third-order valence-electron chi connectivity index (χ3n) is 5.45. The quantitative estimate of drug-likeness (QED) is 0.770. The van der Waals surface area contributed by atoms with E-state index in [9.17, 15) is 4.79 Å². The fraction of sp³-hybridized carbons (Fsp3) is 0.545. The van der Waals surface area contributed by atoms with E-state index in [0.717, 1.165) is 49.6 Å². The molecule has 0 aromatic carbocycles. The smallest absolute Gasteiger partial charge is 0.410 e. The molecule has 0 unspecified atom stereocenters. The van der Waals surface area contributed by atoms with E-state index in [1.54, 1.807) is 6.20 Å². The lowest BCUT2D eigenvalue weighted by Crippen LogP contribution is -2.45. The number of fused-ring (bicyclic) bond motifs is 2. The molecule has 4 heterocycles. The Morgan fingerprint density at radius 3 is 2.66 bits per heavy atom. The van der Waals surface area contributed by atoms with Crippen LogP contribution < -0.4 is 4.90 Å². The zero-order chi connectivity index (χ0) is 20.6. The van der Waals surface area contributed by atoms with Crippen molar-refractivity contribution in [1.29, 1.82) is 0 Å². The van der Waals surface area contributed by atoms with Gasteiger partial charge in [0.15, 0.2) is 5.82 Å². The molecule has 7 nitrogen and oxygen atoms in total. The van der Waals surface area contributed by atoms with Gasteiger partial charge in [0, 0.05) is 37.1 Å². The van der Waals surface area contributed by atoms with Gasteiger partial charge in [0.25, 0.3) is 0 Å². The van der Waals surface area contributed by atoms with E-state index in [0.29, 0.717) is 5.82 Å². The highest BCUT2D eigenvalue weighted by Crippen LogP contribution is 2.33. The SMILES string of the molecule is Cc1cc(N2CC[C@H]3CC[C@@H](C2)N3C(=O)OC(C)(C)C)nc(-c2ccccn2)n1. The zero-order valence-corrected chi connectivity index (χ0v) is 17.6. The third kappa shape index (κ3) is 4.33. The fourth-order valence-electron chi connectivity index (χ4n) is 4.22. The number of aromatic nitrogens is 3. The van der Waals surface area contributed by atoms with Gasteiger partial charge >= 0.3 is 6.09 Å². The molecule has 0 aliphatic carbocycles. The summed E-state index contributed by atoms with van der Waals surface area (Å²) in [5, 5.41) is 0. The van der Waals surface area contributed by atoms with E-state index in [1.807, 2.05) is 56.9 Å². The average molecular weight is 396 g/mol. The van der Waals surface area contributed by atoms with Crippen LogP contribution in [0.2, 0.25) is 0 Å². The van der Waals surface area contributed by atoms with Gasteiger partial charge in [-0.25, -0.2) is 14.8 Å². The Morgan fingerprint density at radius 1 is 1.14 bits per heavy atom. The summed E-state index contributed by atoms with van der Waals surface area (Å²) in [5.41, 5.74) is 1.20. The molecule has 1 amide bonds. The van der Waals surface area contributed by atoms with Gasteiger partial charge in [0.2, 0.25) is 0 Å². The van der Waals surface area contributed by atoms with Crippen LogP contribution in [0, 0.1) is 6.92 Å². The topological polar surface area (TPSA) is 71.5 Å². The monoisotopic (exact) mass is 395 g/mol. The van der Waals surface area contributed by atoms with Crippen LogP contribution in [0.3, 0.4) is 0 Å². The van der Waals surface area contributed by atoms with E-state index in [1.165, 1.54) is 0 Å². The number of ether oxygens (including phenoxy) is 1. The van der Waals surface area contributed by atoms with Crippen molar-refractivity contribution in [2.45, 2.75) is 64.6 Å². The molecule has 2 aromatic rings. The van der Waals surface area contributed by atoms with Crippen LogP contribution in [0.15, 0.2) is 30.5 Å². The van der Waals surface area contributed by atoms with Crippen molar-refractivity contribution in [3.63, 3.8) is 0 Å². The molecule has 0 radical (unpaired) electrons. The summed E-state index contributed by atoms with van der Waals surface area (Å²) in [5.74, 6) is 1.54. The lowest BCUT2D eigenvalue weighted by Gasteiger charge is -2.31. The van der Waals surface area contributed by atoms with Crippen molar-refractivity contribution in [3.8, 4) is 11.5 Å². The number of amides is 1. The maximum absolute atomic E-state index is 12.8. The molecule has 29 heavy (non-hydrogen) atoms. The Hall–Kier alpha value is -2.70. The maximum Gasteiger partial charge on any atom is 0.410 e. The van der Waals surface area contributed by atoms with Crippen LogP contribution in [0.1, 0.15) is 45.7 Å². The first-order chi connectivity index (χ1) is 13.8. The first kappa shape index (κ1) is 19.6. The highest BCUT2D eigenvalue weighted by Gasteiger charge is 2.42. The Bertz CT molecular complexity index is 881. The van der Waals surface area contributed by atoms with Crippen LogP contribution >= 0.6 is 0 Å². The number of rotatable bonds is 2. The number of nitrogens with zero attached hydrogens (tertiary/aromatic N) is 5. The van der Waals surface area contributed by atoms with E-state index >= 15 is 0 Å². The summed E-state index contributed by atoms with van der Waals surface area (Å²) in [6.07, 6.45) is 4.51. The minimum absolute atomic E-state index is 0.144. The lowest BCUT2D eigenvalue weighted by atomic mass is 10.1. The van der Waals surface area contributed by atoms with E-state index < -0.39 is 5.60 Å². The Labute approximate surface area is 172 Å². The van der Waals surface area contributed by atoms with Gasteiger partial charge in [-0.2, -0.15) is 0 Å². The second kappa shape index (κ2) is 7.61. The number of carbonyl (C=O) groups is 1. The van der Waals surface area contributed by atoms with Gasteiger partial charge in [-0.3, -0.25) is 4.98 Å². The first-order valence-corrected chi connectivity index (χ1v) is 10.3. The number of aryl methyl sites for hydroxylation is 1. The second-order valence-corrected chi connectivity index (χ2v) is 8.91. The molecule has 0 spiro atoms. The van der Waals surface area contributed by atoms with Crippen molar-refractivity contribution in [3.05, 3.63) is 36.2 Å².